The molecule has 2 aliphatic heterocycles. The maximum absolute atomic E-state index is 6.71. The maximum atomic E-state index is 6.71. The van der Waals surface area contributed by atoms with Gasteiger partial charge in [0.05, 0.1) is 24.4 Å². The van der Waals surface area contributed by atoms with Crippen LogP contribution in [0.3, 0.4) is 0 Å². The van der Waals surface area contributed by atoms with E-state index in [2.05, 4.69) is 0 Å². The van der Waals surface area contributed by atoms with Crippen LogP contribution in [-0.2, 0) is 9.47 Å². The Bertz CT molecular complexity index is 494. The minimum absolute atomic E-state index is 0.663. The van der Waals surface area contributed by atoms with Crippen LogP contribution in [0.15, 0.2) is 0 Å². The number of hydrogen-bond donors (Lipinski definition) is 0. The topological polar surface area (TPSA) is 18.5 Å². The molecule has 0 amide bonds. The van der Waals surface area contributed by atoms with Crippen LogP contribution in [0.4, 0.5) is 0 Å². The summed E-state index contributed by atoms with van der Waals surface area (Å²) in [7, 11) is 0. The van der Waals surface area contributed by atoms with Gasteiger partial charge in [-0.1, -0.05) is 0 Å². The summed E-state index contributed by atoms with van der Waals surface area (Å²) in [4.78, 5) is 0. The van der Waals surface area contributed by atoms with Gasteiger partial charge < -0.3 is 9.47 Å². The third-order valence-electron chi connectivity index (χ3n) is 9.70. The van der Waals surface area contributed by atoms with Crippen LogP contribution in [0.25, 0.3) is 0 Å². The molecule has 14 unspecified atom stereocenters. The Hall–Kier alpha value is -0.0800. The molecule has 0 aromatic rings. The molecule has 0 aromatic carbocycles. The summed E-state index contributed by atoms with van der Waals surface area (Å²) in [6.45, 7) is 0. The van der Waals surface area contributed by atoms with Gasteiger partial charge in [-0.2, -0.15) is 0 Å². The molecule has 20 heavy (non-hydrogen) atoms. The summed E-state index contributed by atoms with van der Waals surface area (Å²) in [6.07, 6.45) is 8.39. The third-order valence-corrected chi connectivity index (χ3v) is 9.70. The molecule has 2 nitrogen and oxygen atoms in total. The zero-order valence-corrected chi connectivity index (χ0v) is 11.7. The second-order valence-corrected chi connectivity index (χ2v) is 9.38. The summed E-state index contributed by atoms with van der Waals surface area (Å²) in [5.74, 6) is 9.86. The van der Waals surface area contributed by atoms with Crippen LogP contribution >= 0.6 is 0 Å². The summed E-state index contributed by atoms with van der Waals surface area (Å²) in [6, 6.07) is 0. The fourth-order valence-corrected chi connectivity index (χ4v) is 10.0. The largest absolute Gasteiger partial charge is 0.374 e. The zero-order valence-electron chi connectivity index (χ0n) is 11.7. The number of fused-ring (bicyclic) bond motifs is 4. The Morgan fingerprint density at radius 1 is 0.450 bits per heavy atom. The van der Waals surface area contributed by atoms with Crippen molar-refractivity contribution in [3.05, 3.63) is 0 Å². The Kier molecular flexibility index (Phi) is 1.30. The number of rotatable bonds is 0. The fourth-order valence-electron chi connectivity index (χ4n) is 10.0. The molecule has 0 spiro atoms. The standard InChI is InChI=1S/C18H22O2/c1-3-7-9-5(1)11-13-14-12(18(19-7)15(9)13)6-2-4-8-10(6)16(14)17(11)20-8/h5-18H,1-4H2. The molecule has 106 valence electrons. The average molecular weight is 270 g/mol. The van der Waals surface area contributed by atoms with Crippen LogP contribution in [0.1, 0.15) is 25.7 Å². The van der Waals surface area contributed by atoms with Crippen LogP contribution < -0.4 is 0 Å². The predicted octanol–water partition coefficient (Wildman–Crippen LogP) is 2.33. The van der Waals surface area contributed by atoms with Crippen LogP contribution in [0.5, 0.6) is 0 Å². The second kappa shape index (κ2) is 2.65. The van der Waals surface area contributed by atoms with E-state index in [0.29, 0.717) is 24.4 Å². The average Bonchev–Trinajstić information content (AvgIpc) is 3.17. The van der Waals surface area contributed by atoms with Crippen molar-refractivity contribution in [2.24, 2.45) is 59.2 Å². The van der Waals surface area contributed by atoms with Crippen molar-refractivity contribution >= 4 is 0 Å². The van der Waals surface area contributed by atoms with Gasteiger partial charge in [0.25, 0.3) is 0 Å². The first-order chi connectivity index (χ1) is 9.93. The highest BCUT2D eigenvalue weighted by Crippen LogP contribution is 2.81. The number of ether oxygens (including phenoxy) is 2. The molecular formula is C18H22O2. The van der Waals surface area contributed by atoms with Gasteiger partial charge >= 0.3 is 0 Å². The van der Waals surface area contributed by atoms with E-state index in [4.69, 9.17) is 9.47 Å². The Labute approximate surface area is 119 Å². The molecule has 2 saturated heterocycles. The van der Waals surface area contributed by atoms with Gasteiger partial charge in [0.15, 0.2) is 0 Å². The highest BCUT2D eigenvalue weighted by molar-refractivity contribution is 5.29. The lowest BCUT2D eigenvalue weighted by Gasteiger charge is -2.25. The minimum Gasteiger partial charge on any atom is -0.374 e. The van der Waals surface area contributed by atoms with E-state index in [0.717, 1.165) is 59.2 Å². The van der Waals surface area contributed by atoms with Crippen molar-refractivity contribution in [1.82, 2.24) is 0 Å². The Morgan fingerprint density at radius 2 is 0.950 bits per heavy atom. The smallest absolute Gasteiger partial charge is 0.0647 e. The van der Waals surface area contributed by atoms with Gasteiger partial charge in [-0.05, 0) is 84.9 Å². The number of hydrogen-bond acceptors (Lipinski definition) is 2. The lowest BCUT2D eigenvalue weighted by atomic mass is 9.79. The van der Waals surface area contributed by atoms with Crippen molar-refractivity contribution in [2.75, 3.05) is 0 Å². The van der Waals surface area contributed by atoms with E-state index in [1.54, 1.807) is 0 Å². The fraction of sp³-hybridized carbons (Fsp3) is 1.00. The molecule has 0 bridgehead atoms. The first kappa shape index (κ1) is 9.84. The van der Waals surface area contributed by atoms with E-state index < -0.39 is 0 Å². The van der Waals surface area contributed by atoms with Crippen LogP contribution in [0.2, 0.25) is 0 Å². The van der Waals surface area contributed by atoms with Gasteiger partial charge in [0, 0.05) is 0 Å². The first-order valence-electron chi connectivity index (χ1n) is 9.24. The third kappa shape index (κ3) is 0.695. The van der Waals surface area contributed by atoms with E-state index in [9.17, 15) is 0 Å². The summed E-state index contributed by atoms with van der Waals surface area (Å²) >= 11 is 0. The van der Waals surface area contributed by atoms with Crippen molar-refractivity contribution in [3.63, 3.8) is 0 Å². The van der Waals surface area contributed by atoms with E-state index >= 15 is 0 Å². The maximum Gasteiger partial charge on any atom is 0.0647 e. The monoisotopic (exact) mass is 270 g/mol. The highest BCUT2D eigenvalue weighted by Gasteiger charge is 2.82. The molecule has 14 atom stereocenters. The molecular weight excluding hydrogens is 248 g/mol. The van der Waals surface area contributed by atoms with Gasteiger partial charge in [-0.25, -0.2) is 0 Å². The van der Waals surface area contributed by atoms with Crippen LogP contribution in [0, 0.1) is 59.2 Å². The van der Waals surface area contributed by atoms with Gasteiger partial charge in [0.1, 0.15) is 0 Å². The van der Waals surface area contributed by atoms with Crippen molar-refractivity contribution in [2.45, 2.75) is 50.1 Å². The van der Waals surface area contributed by atoms with E-state index in [1.165, 1.54) is 25.7 Å². The lowest BCUT2D eigenvalue weighted by molar-refractivity contribution is -0.0316. The Morgan fingerprint density at radius 3 is 1.45 bits per heavy atom. The van der Waals surface area contributed by atoms with Crippen molar-refractivity contribution in [1.29, 1.82) is 0 Å². The molecule has 8 rings (SSSR count). The lowest BCUT2D eigenvalue weighted by Crippen LogP contribution is -2.28. The zero-order chi connectivity index (χ0) is 12.3. The summed E-state index contributed by atoms with van der Waals surface area (Å²) in [5, 5.41) is 0. The van der Waals surface area contributed by atoms with E-state index in [-0.39, 0.29) is 0 Å². The molecule has 6 aliphatic carbocycles. The molecule has 0 radical (unpaired) electrons. The predicted molar refractivity (Wildman–Crippen MR) is 70.7 cm³/mol. The molecule has 2 heterocycles. The molecule has 0 aromatic heterocycles. The highest BCUT2D eigenvalue weighted by atomic mass is 16.5. The van der Waals surface area contributed by atoms with Crippen LogP contribution in [-0.4, -0.2) is 24.4 Å². The first-order valence-corrected chi connectivity index (χ1v) is 9.24. The SMILES string of the molecule is C1CC2C3C1OC1C4C5CCC6OC7C2C(C13)C4C7C65. The molecule has 8 aliphatic rings. The van der Waals surface area contributed by atoms with Crippen molar-refractivity contribution in [3.8, 4) is 0 Å². The normalized spacial score (nSPS) is 82.8. The molecule has 6 saturated carbocycles. The van der Waals surface area contributed by atoms with Crippen molar-refractivity contribution < 1.29 is 9.47 Å². The van der Waals surface area contributed by atoms with Gasteiger partial charge in [-0.15, -0.1) is 0 Å². The molecule has 2 heteroatoms. The Balaban J connectivity index is 1.43. The van der Waals surface area contributed by atoms with Gasteiger partial charge in [0.2, 0.25) is 0 Å². The summed E-state index contributed by atoms with van der Waals surface area (Å²) in [5.41, 5.74) is 0. The quantitative estimate of drug-likeness (QED) is 0.672. The molecule has 8 fully saturated rings. The minimum atomic E-state index is 0.663. The second-order valence-electron chi connectivity index (χ2n) is 9.38. The summed E-state index contributed by atoms with van der Waals surface area (Å²) < 4.78 is 13.4. The van der Waals surface area contributed by atoms with Gasteiger partial charge in [-0.3, -0.25) is 0 Å². The molecule has 0 N–H and O–H groups in total. The van der Waals surface area contributed by atoms with E-state index in [1.807, 2.05) is 0 Å².